The molecule has 140 valence electrons. The highest BCUT2D eigenvalue weighted by Crippen LogP contribution is 2.30. The number of rotatable bonds is 6. The second-order valence-corrected chi connectivity index (χ2v) is 8.45. The Balaban J connectivity index is 1.59. The molecule has 2 aromatic carbocycles. The van der Waals surface area contributed by atoms with Crippen molar-refractivity contribution in [3.8, 4) is 0 Å². The lowest BCUT2D eigenvalue weighted by molar-refractivity contribution is -0.0225. The van der Waals surface area contributed by atoms with E-state index in [0.717, 1.165) is 38.9 Å². The van der Waals surface area contributed by atoms with Gasteiger partial charge in [-0.1, -0.05) is 74.0 Å². The maximum absolute atomic E-state index is 11.1. The lowest BCUT2D eigenvalue weighted by Gasteiger charge is -2.40. The first-order valence-electron chi connectivity index (χ1n) is 10.0. The van der Waals surface area contributed by atoms with Gasteiger partial charge in [0.15, 0.2) is 0 Å². The van der Waals surface area contributed by atoms with Gasteiger partial charge in [-0.15, -0.1) is 0 Å². The van der Waals surface area contributed by atoms with Crippen LogP contribution in [0.2, 0.25) is 0 Å². The molecule has 1 unspecified atom stereocenters. The van der Waals surface area contributed by atoms with Crippen LogP contribution in [0.4, 0.5) is 0 Å². The van der Waals surface area contributed by atoms with Crippen molar-refractivity contribution in [3.63, 3.8) is 0 Å². The topological polar surface area (TPSA) is 23.5 Å². The molecular formula is C24H33NO. The highest BCUT2D eigenvalue weighted by molar-refractivity contribution is 5.24. The van der Waals surface area contributed by atoms with Gasteiger partial charge < -0.3 is 10.0 Å². The van der Waals surface area contributed by atoms with E-state index in [1.54, 1.807) is 0 Å². The first-order chi connectivity index (χ1) is 12.5. The molecule has 0 aromatic heterocycles. The fraction of sp³-hybridized carbons (Fsp3) is 0.500. The molecule has 0 aliphatic carbocycles. The molecule has 2 aromatic rings. The van der Waals surface area contributed by atoms with Gasteiger partial charge in [-0.3, -0.25) is 0 Å². The van der Waals surface area contributed by atoms with E-state index in [1.165, 1.54) is 16.7 Å². The second-order valence-electron chi connectivity index (χ2n) is 8.45. The Hall–Kier alpha value is -1.64. The van der Waals surface area contributed by atoms with E-state index in [0.29, 0.717) is 11.8 Å². The van der Waals surface area contributed by atoms with Crippen LogP contribution in [-0.2, 0) is 6.42 Å². The summed E-state index contributed by atoms with van der Waals surface area (Å²) in [4.78, 5) is 2.54. The Morgan fingerprint density at radius 2 is 1.69 bits per heavy atom. The van der Waals surface area contributed by atoms with Crippen molar-refractivity contribution >= 4 is 0 Å². The summed E-state index contributed by atoms with van der Waals surface area (Å²) in [6, 6.07) is 19.4. The molecule has 0 saturated carbocycles. The molecule has 1 aliphatic rings. The summed E-state index contributed by atoms with van der Waals surface area (Å²) in [5.74, 6) is 1.17. The third kappa shape index (κ3) is 4.96. The van der Waals surface area contributed by atoms with Crippen molar-refractivity contribution in [2.24, 2.45) is 5.92 Å². The average Bonchev–Trinajstić information content (AvgIpc) is 2.61. The minimum absolute atomic E-state index is 0.551. The van der Waals surface area contributed by atoms with Crippen molar-refractivity contribution in [1.82, 2.24) is 4.90 Å². The van der Waals surface area contributed by atoms with Crippen molar-refractivity contribution in [1.29, 1.82) is 0 Å². The zero-order chi connectivity index (χ0) is 18.6. The van der Waals surface area contributed by atoms with Crippen LogP contribution in [0, 0.1) is 12.8 Å². The van der Waals surface area contributed by atoms with Crippen molar-refractivity contribution < 1.29 is 5.11 Å². The molecule has 1 heterocycles. The number of likely N-dealkylation sites (tertiary alicyclic amines) is 1. The highest BCUT2D eigenvalue weighted by atomic mass is 16.3. The van der Waals surface area contributed by atoms with E-state index in [-0.39, 0.29) is 0 Å². The van der Waals surface area contributed by atoms with Gasteiger partial charge in [0.1, 0.15) is 0 Å². The van der Waals surface area contributed by atoms with Gasteiger partial charge in [0, 0.05) is 26.1 Å². The summed E-state index contributed by atoms with van der Waals surface area (Å²) in [6.45, 7) is 9.80. The summed E-state index contributed by atoms with van der Waals surface area (Å²) in [5, 5.41) is 11.1. The smallest absolute Gasteiger partial charge is 0.0712 e. The maximum Gasteiger partial charge on any atom is 0.0712 e. The van der Waals surface area contributed by atoms with Crippen LogP contribution in [0.3, 0.4) is 0 Å². The number of benzene rings is 2. The molecule has 2 heteroatoms. The van der Waals surface area contributed by atoms with Gasteiger partial charge >= 0.3 is 0 Å². The fourth-order valence-electron chi connectivity index (χ4n) is 4.21. The Kier molecular flexibility index (Phi) is 6.16. The Morgan fingerprint density at radius 3 is 2.31 bits per heavy atom. The summed E-state index contributed by atoms with van der Waals surface area (Å²) in [7, 11) is 0. The van der Waals surface area contributed by atoms with E-state index >= 15 is 0 Å². The van der Waals surface area contributed by atoms with Gasteiger partial charge in [-0.2, -0.15) is 0 Å². The summed E-state index contributed by atoms with van der Waals surface area (Å²) in [6.07, 6.45) is 2.50. The van der Waals surface area contributed by atoms with E-state index in [4.69, 9.17) is 0 Å². The number of hydrogen-bond donors (Lipinski definition) is 1. The molecule has 0 bridgehead atoms. The Morgan fingerprint density at radius 1 is 1.00 bits per heavy atom. The average molecular weight is 352 g/mol. The first kappa shape index (κ1) is 19.1. The molecular weight excluding hydrogens is 318 g/mol. The van der Waals surface area contributed by atoms with E-state index in [2.05, 4.69) is 80.3 Å². The Labute approximate surface area is 158 Å². The molecule has 0 spiro atoms. The molecule has 1 saturated heterocycles. The number of aryl methyl sites for hydroxylation is 1. The zero-order valence-electron chi connectivity index (χ0n) is 16.5. The first-order valence-corrected chi connectivity index (χ1v) is 10.0. The number of piperidine rings is 1. The normalized spacial score (nSPS) is 18.8. The summed E-state index contributed by atoms with van der Waals surface area (Å²) < 4.78 is 0. The van der Waals surface area contributed by atoms with Crippen LogP contribution in [0.1, 0.15) is 49.3 Å². The minimum Gasteiger partial charge on any atom is -0.389 e. The predicted molar refractivity (Wildman–Crippen MR) is 110 cm³/mol. The van der Waals surface area contributed by atoms with Crippen LogP contribution >= 0.6 is 0 Å². The second kappa shape index (κ2) is 8.37. The van der Waals surface area contributed by atoms with Crippen molar-refractivity contribution in [3.05, 3.63) is 71.3 Å². The van der Waals surface area contributed by atoms with Gasteiger partial charge in [-0.25, -0.2) is 0 Å². The summed E-state index contributed by atoms with van der Waals surface area (Å²) in [5.41, 5.74) is 3.41. The lowest BCUT2D eigenvalue weighted by Crippen LogP contribution is -2.47. The lowest BCUT2D eigenvalue weighted by atomic mass is 9.83. The standard InChI is InChI=1S/C24H33NO/c1-19(2)23(22-10-5-4-6-11-22)18-25-14-12-24(26,13-15-25)17-21-9-7-8-20(3)16-21/h4-11,16,19,23,26H,12-15,17-18H2,1-3H3. The van der Waals surface area contributed by atoms with E-state index in [1.807, 2.05) is 0 Å². The number of aliphatic hydroxyl groups is 1. The van der Waals surface area contributed by atoms with Crippen LogP contribution in [0.5, 0.6) is 0 Å². The van der Waals surface area contributed by atoms with Gasteiger partial charge in [-0.05, 0) is 42.7 Å². The van der Waals surface area contributed by atoms with Gasteiger partial charge in [0.05, 0.1) is 5.60 Å². The van der Waals surface area contributed by atoms with Crippen molar-refractivity contribution in [2.75, 3.05) is 19.6 Å². The van der Waals surface area contributed by atoms with Crippen LogP contribution < -0.4 is 0 Å². The molecule has 0 radical (unpaired) electrons. The molecule has 3 rings (SSSR count). The van der Waals surface area contributed by atoms with Crippen LogP contribution in [-0.4, -0.2) is 35.2 Å². The molecule has 26 heavy (non-hydrogen) atoms. The van der Waals surface area contributed by atoms with E-state index in [9.17, 15) is 5.11 Å². The summed E-state index contributed by atoms with van der Waals surface area (Å²) >= 11 is 0. The monoisotopic (exact) mass is 351 g/mol. The minimum atomic E-state index is -0.551. The van der Waals surface area contributed by atoms with Gasteiger partial charge in [0.25, 0.3) is 0 Å². The number of nitrogens with zero attached hydrogens (tertiary/aromatic N) is 1. The molecule has 1 fully saturated rings. The largest absolute Gasteiger partial charge is 0.389 e. The maximum atomic E-state index is 11.1. The fourth-order valence-corrected chi connectivity index (χ4v) is 4.21. The van der Waals surface area contributed by atoms with Crippen LogP contribution in [0.25, 0.3) is 0 Å². The molecule has 1 N–H and O–H groups in total. The molecule has 1 atom stereocenters. The molecule has 0 amide bonds. The third-order valence-corrected chi connectivity index (χ3v) is 5.89. The van der Waals surface area contributed by atoms with E-state index < -0.39 is 5.60 Å². The third-order valence-electron chi connectivity index (χ3n) is 5.89. The van der Waals surface area contributed by atoms with Crippen LogP contribution in [0.15, 0.2) is 54.6 Å². The molecule has 2 nitrogen and oxygen atoms in total. The Bertz CT molecular complexity index is 686. The quantitative estimate of drug-likeness (QED) is 0.808. The van der Waals surface area contributed by atoms with Crippen molar-refractivity contribution in [2.45, 2.75) is 51.6 Å². The highest BCUT2D eigenvalue weighted by Gasteiger charge is 2.33. The zero-order valence-corrected chi connectivity index (χ0v) is 16.5. The molecule has 1 aliphatic heterocycles. The SMILES string of the molecule is Cc1cccc(CC2(O)CCN(CC(c3ccccc3)C(C)C)CC2)c1. The predicted octanol–water partition coefficient (Wildman–Crippen LogP) is 4.80. The number of hydrogen-bond acceptors (Lipinski definition) is 2. The van der Waals surface area contributed by atoms with Gasteiger partial charge in [0.2, 0.25) is 0 Å².